The second-order valence-electron chi connectivity index (χ2n) is 11.1. The highest BCUT2D eigenvalue weighted by molar-refractivity contribution is 6.35. The van der Waals surface area contributed by atoms with Crippen molar-refractivity contribution in [3.63, 3.8) is 0 Å². The van der Waals surface area contributed by atoms with Crippen LogP contribution in [0.3, 0.4) is 0 Å². The Hall–Kier alpha value is -2.81. The molecular formula is C30H35Cl2FN4O3. The van der Waals surface area contributed by atoms with E-state index in [1.807, 2.05) is 16.4 Å². The van der Waals surface area contributed by atoms with E-state index < -0.39 is 17.2 Å². The number of nitrogens with zero attached hydrogens (tertiary/aromatic N) is 2. The molecule has 2 fully saturated rings. The van der Waals surface area contributed by atoms with Crippen LogP contribution in [0.4, 0.5) is 10.1 Å². The fourth-order valence-electron chi connectivity index (χ4n) is 6.29. The second-order valence-corrected chi connectivity index (χ2v) is 11.9. The zero-order chi connectivity index (χ0) is 28.7. The first-order valence-electron chi connectivity index (χ1n) is 13.8. The Bertz CT molecular complexity index is 1490. The smallest absolute Gasteiger partial charge is 0.257 e. The van der Waals surface area contributed by atoms with E-state index in [0.717, 1.165) is 31.2 Å². The molecule has 0 spiro atoms. The first-order valence-corrected chi connectivity index (χ1v) is 14.5. The van der Waals surface area contributed by atoms with Crippen molar-refractivity contribution in [2.24, 2.45) is 0 Å². The van der Waals surface area contributed by atoms with Crippen LogP contribution in [-0.2, 0) is 6.54 Å². The molecule has 1 aromatic heterocycles. The number of ether oxygens (including phenoxy) is 1. The van der Waals surface area contributed by atoms with E-state index in [0.29, 0.717) is 45.7 Å². The summed E-state index contributed by atoms with van der Waals surface area (Å²) in [6.07, 6.45) is 5.50. The topological polar surface area (TPSA) is 75.6 Å². The monoisotopic (exact) mass is 588 g/mol. The maximum absolute atomic E-state index is 15.9. The van der Waals surface area contributed by atoms with Crippen molar-refractivity contribution in [1.29, 1.82) is 0 Å². The molecule has 2 heterocycles. The maximum Gasteiger partial charge on any atom is 0.257 e. The summed E-state index contributed by atoms with van der Waals surface area (Å²) in [7, 11) is 1.51. The summed E-state index contributed by atoms with van der Waals surface area (Å²) in [5.74, 6) is -0.755. The van der Waals surface area contributed by atoms with Gasteiger partial charge >= 0.3 is 0 Å². The van der Waals surface area contributed by atoms with Crippen molar-refractivity contribution in [2.45, 2.75) is 71.1 Å². The van der Waals surface area contributed by atoms with Crippen LogP contribution in [-0.4, -0.2) is 42.8 Å². The van der Waals surface area contributed by atoms with Crippen molar-refractivity contribution in [2.75, 3.05) is 25.1 Å². The molecule has 2 atom stereocenters. The van der Waals surface area contributed by atoms with Crippen LogP contribution in [0.2, 0.25) is 10.0 Å². The van der Waals surface area contributed by atoms with E-state index in [1.165, 1.54) is 13.2 Å². The summed E-state index contributed by atoms with van der Waals surface area (Å²) in [5.41, 5.74) is 1.85. The van der Waals surface area contributed by atoms with Gasteiger partial charge < -0.3 is 24.8 Å². The number of carbonyl (C=O) groups is 1. The summed E-state index contributed by atoms with van der Waals surface area (Å²) in [6.45, 7) is 7.30. The number of anilines is 1. The number of carbonyl (C=O) groups excluding carboxylic acids is 1. The summed E-state index contributed by atoms with van der Waals surface area (Å²) < 4.78 is 23.7. The number of halogens is 3. The average Bonchev–Trinajstić information content (AvgIpc) is 3.42. The molecule has 2 N–H and O–H groups in total. The predicted molar refractivity (Wildman–Crippen MR) is 159 cm³/mol. The standard InChI is InChI=1S/C30H35Cl2FN4O3/c1-16-9-19(31)10-24(32)22(16)12-34-30(39)23-15-37(20-7-5-6-8-20)26-21(28(23)38)11-25(33)27(29(26)40-4)36-13-17(2)35-18(3)14-36/h9-11,15,17-18,20,35H,5-8,12-14H2,1-4H3,(H,34,39)/t17-,18+. The Morgan fingerprint density at radius 1 is 1.15 bits per heavy atom. The number of hydrogen-bond acceptors (Lipinski definition) is 5. The quantitative estimate of drug-likeness (QED) is 0.369. The van der Waals surface area contributed by atoms with E-state index in [1.54, 1.807) is 18.3 Å². The lowest BCUT2D eigenvalue weighted by Gasteiger charge is -2.38. The van der Waals surface area contributed by atoms with Crippen molar-refractivity contribution < 1.29 is 13.9 Å². The molecule has 2 aromatic carbocycles. The zero-order valence-corrected chi connectivity index (χ0v) is 24.8. The minimum Gasteiger partial charge on any atom is -0.492 e. The third-order valence-corrected chi connectivity index (χ3v) is 8.60. The molecule has 5 rings (SSSR count). The Morgan fingerprint density at radius 3 is 2.45 bits per heavy atom. The van der Waals surface area contributed by atoms with Gasteiger partial charge in [0.1, 0.15) is 11.3 Å². The Labute approximate surface area is 243 Å². The van der Waals surface area contributed by atoms with Crippen LogP contribution in [0, 0.1) is 12.7 Å². The lowest BCUT2D eigenvalue weighted by Crippen LogP contribution is -2.54. The van der Waals surface area contributed by atoms with Gasteiger partial charge in [0, 0.05) is 54.0 Å². The molecule has 1 saturated carbocycles. The minimum absolute atomic E-state index is 0.0410. The third kappa shape index (κ3) is 5.41. The van der Waals surface area contributed by atoms with Crippen LogP contribution in [0.5, 0.6) is 5.75 Å². The van der Waals surface area contributed by atoms with E-state index in [4.69, 9.17) is 27.9 Å². The normalized spacial score (nSPS) is 19.8. The van der Waals surface area contributed by atoms with Crippen molar-refractivity contribution in [3.8, 4) is 5.75 Å². The molecule has 10 heteroatoms. The lowest BCUT2D eigenvalue weighted by atomic mass is 10.0. The number of piperazine rings is 1. The van der Waals surface area contributed by atoms with E-state index in [9.17, 15) is 9.59 Å². The van der Waals surface area contributed by atoms with Gasteiger partial charge in [0.2, 0.25) is 5.43 Å². The molecule has 1 aliphatic carbocycles. The summed E-state index contributed by atoms with van der Waals surface area (Å²) in [6, 6.07) is 5.04. The fraction of sp³-hybridized carbons (Fsp3) is 0.467. The summed E-state index contributed by atoms with van der Waals surface area (Å²) in [4.78, 5) is 29.2. The SMILES string of the molecule is COc1c(N2C[C@@H](C)N[C@@H](C)C2)c(F)cc2c(=O)c(C(=O)NCc3c(C)cc(Cl)cc3Cl)cn(C3CCCC3)c12. The molecule has 0 unspecified atom stereocenters. The average molecular weight is 590 g/mol. The maximum atomic E-state index is 15.9. The number of hydrogen-bond donors (Lipinski definition) is 2. The van der Waals surface area contributed by atoms with E-state index >= 15 is 4.39 Å². The lowest BCUT2D eigenvalue weighted by molar-refractivity contribution is 0.0949. The van der Waals surface area contributed by atoms with Crippen LogP contribution < -0.4 is 25.7 Å². The highest BCUT2D eigenvalue weighted by Gasteiger charge is 2.31. The van der Waals surface area contributed by atoms with Crippen LogP contribution in [0.25, 0.3) is 10.9 Å². The van der Waals surface area contributed by atoms with Gasteiger partial charge in [-0.3, -0.25) is 9.59 Å². The number of aryl methyl sites for hydroxylation is 1. The van der Waals surface area contributed by atoms with Gasteiger partial charge in [-0.2, -0.15) is 0 Å². The molecule has 0 bridgehead atoms. The van der Waals surface area contributed by atoms with Gasteiger partial charge in [-0.25, -0.2) is 4.39 Å². The first-order chi connectivity index (χ1) is 19.1. The van der Waals surface area contributed by atoms with Crippen LogP contribution >= 0.6 is 23.2 Å². The predicted octanol–water partition coefficient (Wildman–Crippen LogP) is 6.00. The molecule has 1 saturated heterocycles. The van der Waals surface area contributed by atoms with Crippen molar-refractivity contribution in [3.05, 3.63) is 67.2 Å². The van der Waals surface area contributed by atoms with Gasteiger partial charge in [-0.15, -0.1) is 0 Å². The molecule has 0 radical (unpaired) electrons. The number of methoxy groups -OCH3 is 1. The Balaban J connectivity index is 1.62. The van der Waals surface area contributed by atoms with Crippen LogP contribution in [0.15, 0.2) is 29.2 Å². The van der Waals surface area contributed by atoms with Crippen molar-refractivity contribution >= 4 is 45.7 Å². The number of rotatable bonds is 6. The number of aromatic nitrogens is 1. The molecule has 3 aromatic rings. The minimum atomic E-state index is -0.544. The highest BCUT2D eigenvalue weighted by Crippen LogP contribution is 2.42. The summed E-state index contributed by atoms with van der Waals surface area (Å²) in [5, 5.41) is 7.38. The largest absolute Gasteiger partial charge is 0.492 e. The van der Waals surface area contributed by atoms with Crippen molar-refractivity contribution in [1.82, 2.24) is 15.2 Å². The molecule has 2 aliphatic rings. The number of benzene rings is 2. The number of amides is 1. The number of pyridine rings is 1. The Morgan fingerprint density at radius 2 is 1.82 bits per heavy atom. The van der Waals surface area contributed by atoms with Gasteiger partial charge in [0.05, 0.1) is 18.0 Å². The molecule has 214 valence electrons. The Kier molecular flexibility index (Phi) is 8.32. The van der Waals surface area contributed by atoms with Gasteiger partial charge in [-0.1, -0.05) is 36.0 Å². The third-order valence-electron chi connectivity index (χ3n) is 8.05. The molecule has 1 amide bonds. The number of fused-ring (bicyclic) bond motifs is 1. The zero-order valence-electron chi connectivity index (χ0n) is 23.2. The van der Waals surface area contributed by atoms with Gasteiger partial charge in [0.25, 0.3) is 5.91 Å². The fourth-order valence-corrected chi connectivity index (χ4v) is 6.95. The molecule has 7 nitrogen and oxygen atoms in total. The first kappa shape index (κ1) is 28.7. The van der Waals surface area contributed by atoms with Crippen LogP contribution in [0.1, 0.15) is 67.1 Å². The second kappa shape index (κ2) is 11.6. The van der Waals surface area contributed by atoms with Gasteiger partial charge in [0.15, 0.2) is 11.6 Å². The molecular weight excluding hydrogens is 554 g/mol. The van der Waals surface area contributed by atoms with E-state index in [2.05, 4.69) is 24.5 Å². The molecule has 40 heavy (non-hydrogen) atoms. The van der Waals surface area contributed by atoms with E-state index in [-0.39, 0.29) is 35.6 Å². The number of nitrogens with one attached hydrogen (secondary N) is 2. The van der Waals surface area contributed by atoms with Gasteiger partial charge in [-0.05, 0) is 62.9 Å². The molecule has 1 aliphatic heterocycles. The summed E-state index contributed by atoms with van der Waals surface area (Å²) >= 11 is 12.5. The highest BCUT2D eigenvalue weighted by atomic mass is 35.5.